The van der Waals surface area contributed by atoms with Crippen molar-refractivity contribution in [3.63, 3.8) is 0 Å². The van der Waals surface area contributed by atoms with E-state index >= 15 is 0 Å². The maximum atomic E-state index is 5.95. The molecule has 2 rings (SSSR count). The average Bonchev–Trinajstić information content (AvgIpc) is 2.44. The predicted molar refractivity (Wildman–Crippen MR) is 83.4 cm³/mol. The van der Waals surface area contributed by atoms with Gasteiger partial charge in [-0.05, 0) is 25.0 Å². The van der Waals surface area contributed by atoms with E-state index in [1.807, 2.05) is 6.07 Å². The molecule has 1 aromatic rings. The maximum Gasteiger partial charge on any atom is 0.127 e. The summed E-state index contributed by atoms with van der Waals surface area (Å²) in [6.07, 6.45) is 2.31. The summed E-state index contributed by atoms with van der Waals surface area (Å²) < 4.78 is 5.69. The number of nitrogens with one attached hydrogen (secondary N) is 2. The highest BCUT2D eigenvalue weighted by Crippen LogP contribution is 2.26. The summed E-state index contributed by atoms with van der Waals surface area (Å²) in [5.74, 6) is 0.801. The number of unbranched alkanes of at least 4 members (excludes halogenated alkanes) is 1. The smallest absolute Gasteiger partial charge is 0.127 e. The Morgan fingerprint density at radius 1 is 1.05 bits per heavy atom. The molecular weight excluding hydrogens is 295 g/mol. The monoisotopic (exact) mass is 318 g/mol. The van der Waals surface area contributed by atoms with Gasteiger partial charge in [-0.25, -0.2) is 0 Å². The topological polar surface area (TPSA) is 18.1 Å². The van der Waals surface area contributed by atoms with Crippen LogP contribution in [0.5, 0.6) is 5.75 Å². The van der Waals surface area contributed by atoms with Crippen molar-refractivity contribution in [1.29, 1.82) is 0 Å². The molecule has 0 aromatic heterocycles. The van der Waals surface area contributed by atoms with Gasteiger partial charge in [0.1, 0.15) is 31.9 Å². The molecule has 3 nitrogen and oxygen atoms in total. The van der Waals surface area contributed by atoms with Crippen molar-refractivity contribution in [3.8, 4) is 5.75 Å². The van der Waals surface area contributed by atoms with Crippen molar-refractivity contribution in [2.45, 2.75) is 12.8 Å². The van der Waals surface area contributed by atoms with Gasteiger partial charge in [-0.2, -0.15) is 0 Å². The molecule has 1 fully saturated rings. The molecule has 0 radical (unpaired) electrons. The highest BCUT2D eigenvalue weighted by Gasteiger charge is 2.18. The van der Waals surface area contributed by atoms with Gasteiger partial charge < -0.3 is 14.5 Å². The molecule has 0 saturated carbocycles. The SMILES string of the molecule is C[NH+]1CC[NH+](CCCCOc2ccc(Cl)c(Cl)c2)CC1. The molecule has 0 aliphatic carbocycles. The average molecular weight is 319 g/mol. The molecule has 0 amide bonds. The van der Waals surface area contributed by atoms with E-state index in [0.717, 1.165) is 18.8 Å². The molecule has 5 heteroatoms. The van der Waals surface area contributed by atoms with E-state index in [0.29, 0.717) is 10.0 Å². The quantitative estimate of drug-likeness (QED) is 0.734. The minimum absolute atomic E-state index is 0.550. The number of piperazine rings is 1. The van der Waals surface area contributed by atoms with Crippen LogP contribution in [0.1, 0.15) is 12.8 Å². The molecule has 1 saturated heterocycles. The van der Waals surface area contributed by atoms with E-state index in [2.05, 4.69) is 7.05 Å². The second-order valence-electron chi connectivity index (χ2n) is 5.59. The molecule has 0 spiro atoms. The zero-order chi connectivity index (χ0) is 14.4. The second-order valence-corrected chi connectivity index (χ2v) is 6.40. The van der Waals surface area contributed by atoms with Gasteiger partial charge >= 0.3 is 0 Å². The van der Waals surface area contributed by atoms with Crippen LogP contribution >= 0.6 is 23.2 Å². The van der Waals surface area contributed by atoms with Gasteiger partial charge in [0.15, 0.2) is 0 Å². The van der Waals surface area contributed by atoms with Crippen molar-refractivity contribution < 1.29 is 14.5 Å². The molecule has 0 bridgehead atoms. The zero-order valence-electron chi connectivity index (χ0n) is 12.1. The summed E-state index contributed by atoms with van der Waals surface area (Å²) >= 11 is 11.8. The summed E-state index contributed by atoms with van der Waals surface area (Å²) in [7, 11) is 2.28. The number of ether oxygens (including phenoxy) is 1. The molecule has 0 atom stereocenters. The number of quaternary nitrogens is 2. The first-order valence-electron chi connectivity index (χ1n) is 7.38. The normalized spacial score (nSPS) is 22.8. The molecule has 1 aliphatic rings. The van der Waals surface area contributed by atoms with Gasteiger partial charge in [-0.3, -0.25) is 0 Å². The minimum atomic E-state index is 0.550. The predicted octanol–water partition coefficient (Wildman–Crippen LogP) is 0.566. The first-order valence-corrected chi connectivity index (χ1v) is 8.13. The maximum absolute atomic E-state index is 5.95. The van der Waals surface area contributed by atoms with E-state index in [1.165, 1.54) is 39.1 Å². The fraction of sp³-hybridized carbons (Fsp3) is 0.600. The van der Waals surface area contributed by atoms with E-state index < -0.39 is 0 Å². The van der Waals surface area contributed by atoms with E-state index in [9.17, 15) is 0 Å². The number of likely N-dealkylation sites (N-methyl/N-ethyl adjacent to an activating group) is 1. The highest BCUT2D eigenvalue weighted by atomic mass is 35.5. The third-order valence-corrected chi connectivity index (χ3v) is 4.63. The zero-order valence-corrected chi connectivity index (χ0v) is 13.6. The van der Waals surface area contributed by atoms with Crippen molar-refractivity contribution in [1.82, 2.24) is 0 Å². The lowest BCUT2D eigenvalue weighted by atomic mass is 10.2. The Morgan fingerprint density at radius 3 is 2.50 bits per heavy atom. The largest absolute Gasteiger partial charge is 0.494 e. The van der Waals surface area contributed by atoms with Crippen molar-refractivity contribution in [3.05, 3.63) is 28.2 Å². The van der Waals surface area contributed by atoms with Crippen LogP contribution in [0.3, 0.4) is 0 Å². The van der Waals surface area contributed by atoms with E-state index in [1.54, 1.807) is 21.9 Å². The number of hydrogen-bond donors (Lipinski definition) is 2. The number of hydrogen-bond acceptors (Lipinski definition) is 1. The summed E-state index contributed by atoms with van der Waals surface area (Å²) in [6.45, 7) is 7.22. The van der Waals surface area contributed by atoms with Crippen LogP contribution in [-0.4, -0.2) is 46.4 Å². The fourth-order valence-electron chi connectivity index (χ4n) is 2.51. The van der Waals surface area contributed by atoms with Crippen molar-refractivity contribution in [2.24, 2.45) is 0 Å². The molecule has 112 valence electrons. The Balaban J connectivity index is 1.58. The molecular formula is C15H24Cl2N2O+2. The Morgan fingerprint density at radius 2 is 1.80 bits per heavy atom. The van der Waals surface area contributed by atoms with Crippen LogP contribution < -0.4 is 14.5 Å². The van der Waals surface area contributed by atoms with Crippen LogP contribution in [0.2, 0.25) is 10.0 Å². The van der Waals surface area contributed by atoms with Crippen LogP contribution in [0.25, 0.3) is 0 Å². The van der Waals surface area contributed by atoms with Gasteiger partial charge in [0.25, 0.3) is 0 Å². The third-order valence-electron chi connectivity index (χ3n) is 3.90. The molecule has 20 heavy (non-hydrogen) atoms. The van der Waals surface area contributed by atoms with Gasteiger partial charge in [0.2, 0.25) is 0 Å². The Labute approximate surface area is 131 Å². The standard InChI is InChI=1S/C15H22Cl2N2O/c1-18-7-9-19(10-8-18)6-2-3-11-20-13-4-5-14(16)15(17)12-13/h4-5,12H,2-3,6-11H2,1H3/p+2. The molecule has 1 aromatic carbocycles. The number of halogens is 2. The molecule has 1 aliphatic heterocycles. The Bertz CT molecular complexity index is 420. The lowest BCUT2D eigenvalue weighted by Gasteiger charge is -2.27. The number of benzene rings is 1. The minimum Gasteiger partial charge on any atom is -0.494 e. The van der Waals surface area contributed by atoms with E-state index in [4.69, 9.17) is 27.9 Å². The van der Waals surface area contributed by atoms with Gasteiger partial charge in [0, 0.05) is 6.07 Å². The fourth-order valence-corrected chi connectivity index (χ4v) is 2.80. The summed E-state index contributed by atoms with van der Waals surface area (Å²) in [6, 6.07) is 5.41. The van der Waals surface area contributed by atoms with Gasteiger partial charge in [-0.1, -0.05) is 23.2 Å². The summed E-state index contributed by atoms with van der Waals surface area (Å²) in [5, 5.41) is 1.12. The van der Waals surface area contributed by atoms with Crippen LogP contribution in [-0.2, 0) is 0 Å². The molecule has 1 heterocycles. The van der Waals surface area contributed by atoms with Crippen molar-refractivity contribution >= 4 is 23.2 Å². The van der Waals surface area contributed by atoms with Gasteiger partial charge in [0.05, 0.1) is 30.2 Å². The third kappa shape index (κ3) is 5.13. The Hall–Kier alpha value is -0.480. The lowest BCUT2D eigenvalue weighted by molar-refractivity contribution is -1.00. The van der Waals surface area contributed by atoms with E-state index in [-0.39, 0.29) is 0 Å². The van der Waals surface area contributed by atoms with Crippen LogP contribution in [0, 0.1) is 0 Å². The first kappa shape index (κ1) is 15.9. The number of rotatable bonds is 6. The van der Waals surface area contributed by atoms with Crippen LogP contribution in [0.15, 0.2) is 18.2 Å². The summed E-state index contributed by atoms with van der Waals surface area (Å²) in [4.78, 5) is 3.40. The van der Waals surface area contributed by atoms with Gasteiger partial charge in [-0.15, -0.1) is 0 Å². The van der Waals surface area contributed by atoms with Crippen molar-refractivity contribution in [2.75, 3.05) is 46.4 Å². The Kier molecular flexibility index (Phi) is 6.43. The highest BCUT2D eigenvalue weighted by molar-refractivity contribution is 6.42. The molecule has 2 N–H and O–H groups in total. The summed E-state index contributed by atoms with van der Waals surface area (Å²) in [5.41, 5.74) is 0. The van der Waals surface area contributed by atoms with Crippen LogP contribution in [0.4, 0.5) is 0 Å². The molecule has 0 unspecified atom stereocenters. The second kappa shape index (κ2) is 8.08. The lowest BCUT2D eigenvalue weighted by Crippen LogP contribution is -3.27. The first-order chi connectivity index (χ1) is 9.65.